The van der Waals surface area contributed by atoms with Crippen LogP contribution in [0, 0.1) is 0 Å². The Bertz CT molecular complexity index is 297. The Morgan fingerprint density at radius 3 is 2.92 bits per heavy atom. The molecule has 1 aromatic rings. The summed E-state index contributed by atoms with van der Waals surface area (Å²) in [6, 6.07) is 7.86. The maximum Gasteiger partial charge on any atom is 0.317 e. The second kappa shape index (κ2) is 2.83. The lowest BCUT2D eigenvalue weighted by Gasteiger charge is -1.97. The molecule has 1 aliphatic rings. The highest BCUT2D eigenvalue weighted by Gasteiger charge is 2.27. The summed E-state index contributed by atoms with van der Waals surface area (Å²) < 4.78 is 0. The first kappa shape index (κ1) is 7.68. The normalized spacial score (nSPS) is 20.5. The molecule has 0 bridgehead atoms. The van der Waals surface area contributed by atoms with Gasteiger partial charge in [-0.2, -0.15) is 0 Å². The summed E-state index contributed by atoms with van der Waals surface area (Å²) in [4.78, 5) is 11.8. The predicted octanol–water partition coefficient (Wildman–Crippen LogP) is 1.79. The Labute approximate surface area is 74.6 Å². The van der Waals surface area contributed by atoms with Crippen LogP contribution in [0.1, 0.15) is 5.56 Å². The lowest BCUT2D eigenvalue weighted by atomic mass is 10.1. The minimum Gasteiger partial charge on any atom is -0.480 e. The maximum atomic E-state index is 10.6. The van der Waals surface area contributed by atoms with E-state index in [-0.39, 0.29) is 5.25 Å². The first-order valence-corrected chi connectivity index (χ1v) is 4.63. The molecule has 2 rings (SSSR count). The molecule has 0 aromatic heterocycles. The molecular weight excluding hydrogens is 172 g/mol. The van der Waals surface area contributed by atoms with Crippen LogP contribution in [0.5, 0.6) is 0 Å². The molecule has 1 aliphatic heterocycles. The zero-order chi connectivity index (χ0) is 8.55. The first-order chi connectivity index (χ1) is 5.77. The molecule has 0 saturated carbocycles. The Kier molecular flexibility index (Phi) is 1.81. The number of hydrogen-bond acceptors (Lipinski definition) is 2. The monoisotopic (exact) mass is 180 g/mol. The lowest BCUT2D eigenvalue weighted by Crippen LogP contribution is -2.14. The third-order valence-electron chi connectivity index (χ3n) is 1.92. The molecule has 0 radical (unpaired) electrons. The van der Waals surface area contributed by atoms with Crippen molar-refractivity contribution in [3.63, 3.8) is 0 Å². The molecule has 0 amide bonds. The molecule has 0 fully saturated rings. The molecule has 0 saturated heterocycles. The van der Waals surface area contributed by atoms with Gasteiger partial charge in [0.1, 0.15) is 5.25 Å². The standard InChI is InChI=1S/C9H8O2S/c10-9(11)8-5-6-3-1-2-4-7(6)12-8/h1-4,8H,5H2,(H,10,11)/t8-/m1/s1. The van der Waals surface area contributed by atoms with Crippen molar-refractivity contribution in [2.24, 2.45) is 0 Å². The highest BCUT2D eigenvalue weighted by Crippen LogP contribution is 2.36. The van der Waals surface area contributed by atoms with Gasteiger partial charge in [0.15, 0.2) is 0 Å². The molecule has 1 heterocycles. The first-order valence-electron chi connectivity index (χ1n) is 3.75. The molecule has 0 aliphatic carbocycles. The number of rotatable bonds is 1. The van der Waals surface area contributed by atoms with E-state index in [1.807, 2.05) is 24.3 Å². The van der Waals surface area contributed by atoms with E-state index < -0.39 is 5.97 Å². The molecular formula is C9H8O2S. The van der Waals surface area contributed by atoms with Gasteiger partial charge in [0.05, 0.1) is 0 Å². The molecule has 0 spiro atoms. The van der Waals surface area contributed by atoms with Crippen molar-refractivity contribution in [2.75, 3.05) is 0 Å². The highest BCUT2D eigenvalue weighted by atomic mass is 32.2. The molecule has 0 unspecified atom stereocenters. The van der Waals surface area contributed by atoms with Gasteiger partial charge in [-0.15, -0.1) is 11.8 Å². The van der Waals surface area contributed by atoms with E-state index >= 15 is 0 Å². The second-order valence-electron chi connectivity index (χ2n) is 2.76. The molecule has 3 heteroatoms. The predicted molar refractivity (Wildman–Crippen MR) is 47.4 cm³/mol. The number of carbonyl (C=O) groups is 1. The van der Waals surface area contributed by atoms with Crippen molar-refractivity contribution in [2.45, 2.75) is 16.6 Å². The van der Waals surface area contributed by atoms with Gasteiger partial charge in [-0.1, -0.05) is 18.2 Å². The zero-order valence-corrected chi connectivity index (χ0v) is 7.17. The summed E-state index contributed by atoms with van der Waals surface area (Å²) in [7, 11) is 0. The SMILES string of the molecule is O=C(O)[C@H]1Cc2ccccc2S1. The van der Waals surface area contributed by atoms with E-state index in [1.165, 1.54) is 11.8 Å². The van der Waals surface area contributed by atoms with Crippen LogP contribution < -0.4 is 0 Å². The third-order valence-corrected chi connectivity index (χ3v) is 3.23. The summed E-state index contributed by atoms with van der Waals surface area (Å²) in [6.07, 6.45) is 0.663. The number of hydrogen-bond donors (Lipinski definition) is 1. The van der Waals surface area contributed by atoms with Gasteiger partial charge in [0.2, 0.25) is 0 Å². The second-order valence-corrected chi connectivity index (χ2v) is 4.00. The summed E-state index contributed by atoms with van der Waals surface area (Å²) in [5.74, 6) is -0.712. The van der Waals surface area contributed by atoms with Crippen molar-refractivity contribution in [3.05, 3.63) is 29.8 Å². The van der Waals surface area contributed by atoms with Crippen LogP contribution in [0.15, 0.2) is 29.2 Å². The van der Waals surface area contributed by atoms with Crippen LogP contribution in [0.2, 0.25) is 0 Å². The van der Waals surface area contributed by atoms with Gasteiger partial charge >= 0.3 is 5.97 Å². The van der Waals surface area contributed by atoms with Gasteiger partial charge in [-0.25, -0.2) is 0 Å². The zero-order valence-electron chi connectivity index (χ0n) is 6.36. The Balaban J connectivity index is 2.27. The largest absolute Gasteiger partial charge is 0.480 e. The molecule has 2 nitrogen and oxygen atoms in total. The number of carboxylic acid groups (broad SMARTS) is 1. The van der Waals surface area contributed by atoms with Crippen molar-refractivity contribution < 1.29 is 9.90 Å². The number of carboxylic acids is 1. The average Bonchev–Trinajstić information content (AvgIpc) is 2.46. The summed E-state index contributed by atoms with van der Waals surface area (Å²) in [5, 5.41) is 8.49. The number of benzene rings is 1. The van der Waals surface area contributed by atoms with Crippen LogP contribution in [0.25, 0.3) is 0 Å². The number of fused-ring (bicyclic) bond motifs is 1. The molecule has 12 heavy (non-hydrogen) atoms. The van der Waals surface area contributed by atoms with Gasteiger partial charge < -0.3 is 5.11 Å². The fraction of sp³-hybridized carbons (Fsp3) is 0.222. The topological polar surface area (TPSA) is 37.3 Å². The van der Waals surface area contributed by atoms with Crippen molar-refractivity contribution in [1.82, 2.24) is 0 Å². The quantitative estimate of drug-likeness (QED) is 0.715. The van der Waals surface area contributed by atoms with Crippen LogP contribution in [0.3, 0.4) is 0 Å². The van der Waals surface area contributed by atoms with E-state index in [4.69, 9.17) is 5.11 Å². The van der Waals surface area contributed by atoms with E-state index in [9.17, 15) is 4.79 Å². The van der Waals surface area contributed by atoms with Gasteiger partial charge in [-0.3, -0.25) is 4.79 Å². The van der Waals surface area contributed by atoms with Crippen molar-refractivity contribution >= 4 is 17.7 Å². The van der Waals surface area contributed by atoms with E-state index in [1.54, 1.807) is 0 Å². The summed E-state index contributed by atoms with van der Waals surface area (Å²) in [5.41, 5.74) is 1.16. The van der Waals surface area contributed by atoms with Gasteiger partial charge in [0.25, 0.3) is 0 Å². The smallest absolute Gasteiger partial charge is 0.317 e. The van der Waals surface area contributed by atoms with Crippen molar-refractivity contribution in [3.8, 4) is 0 Å². The van der Waals surface area contributed by atoms with Crippen LogP contribution >= 0.6 is 11.8 Å². The fourth-order valence-electron chi connectivity index (χ4n) is 1.32. The fourth-order valence-corrected chi connectivity index (χ4v) is 2.45. The van der Waals surface area contributed by atoms with Crippen molar-refractivity contribution in [1.29, 1.82) is 0 Å². The molecule has 1 aromatic carbocycles. The minimum absolute atomic E-state index is 0.276. The van der Waals surface area contributed by atoms with Crippen LogP contribution in [-0.4, -0.2) is 16.3 Å². The Morgan fingerprint density at radius 2 is 2.25 bits per heavy atom. The van der Waals surface area contributed by atoms with E-state index in [2.05, 4.69) is 0 Å². The highest BCUT2D eigenvalue weighted by molar-refractivity contribution is 8.01. The summed E-state index contributed by atoms with van der Waals surface area (Å²) in [6.45, 7) is 0. The summed E-state index contributed by atoms with van der Waals surface area (Å²) >= 11 is 1.44. The Morgan fingerprint density at radius 1 is 1.50 bits per heavy atom. The van der Waals surface area contributed by atoms with Crippen LogP contribution in [0.4, 0.5) is 0 Å². The lowest BCUT2D eigenvalue weighted by molar-refractivity contribution is -0.136. The molecule has 1 N–H and O–H groups in total. The average molecular weight is 180 g/mol. The maximum absolute atomic E-state index is 10.6. The van der Waals surface area contributed by atoms with Crippen LogP contribution in [-0.2, 0) is 11.2 Å². The van der Waals surface area contributed by atoms with E-state index in [0.717, 1.165) is 10.5 Å². The third kappa shape index (κ3) is 1.20. The van der Waals surface area contributed by atoms with Gasteiger partial charge in [0, 0.05) is 4.90 Å². The minimum atomic E-state index is -0.712. The van der Waals surface area contributed by atoms with E-state index in [0.29, 0.717) is 6.42 Å². The number of aliphatic carboxylic acids is 1. The number of thioether (sulfide) groups is 1. The molecule has 1 atom stereocenters. The Hall–Kier alpha value is -0.960. The molecule has 62 valence electrons. The van der Waals surface area contributed by atoms with Gasteiger partial charge in [-0.05, 0) is 18.1 Å².